The first-order valence-corrected chi connectivity index (χ1v) is 16.8. The van der Waals surface area contributed by atoms with Crippen molar-refractivity contribution in [2.24, 2.45) is 0 Å². The molecule has 0 fully saturated rings. The van der Waals surface area contributed by atoms with Gasteiger partial charge in [0.15, 0.2) is 0 Å². The van der Waals surface area contributed by atoms with Crippen molar-refractivity contribution in [1.29, 1.82) is 0 Å². The minimum Gasteiger partial charge on any atom is -0.497 e. The summed E-state index contributed by atoms with van der Waals surface area (Å²) in [6.07, 6.45) is 8.49. The van der Waals surface area contributed by atoms with Crippen molar-refractivity contribution in [3.05, 3.63) is 92.8 Å². The molecule has 2 aromatic carbocycles. The Morgan fingerprint density at radius 1 is 0.697 bits per heavy atom. The highest BCUT2D eigenvalue weighted by atomic mass is 33.5. The van der Waals surface area contributed by atoms with Gasteiger partial charge in [0.1, 0.15) is 11.5 Å². The van der Waals surface area contributed by atoms with Gasteiger partial charge >= 0.3 is 0 Å². The lowest BCUT2D eigenvalue weighted by atomic mass is 9.92. The van der Waals surface area contributed by atoms with Gasteiger partial charge in [0.05, 0.1) is 14.2 Å². The summed E-state index contributed by atoms with van der Waals surface area (Å²) in [5.74, 6) is 1.82. The molecule has 6 rings (SSSR count). The molecule has 0 radical (unpaired) electrons. The molecule has 7 heteroatoms. The van der Waals surface area contributed by atoms with Crippen LogP contribution in [0.5, 0.6) is 11.5 Å². The van der Waals surface area contributed by atoms with Gasteiger partial charge in [-0.3, -0.25) is 0 Å². The van der Waals surface area contributed by atoms with Gasteiger partial charge in [-0.15, -0.1) is 0 Å². The molecule has 4 aliphatic rings. The van der Waals surface area contributed by atoms with Crippen molar-refractivity contribution in [3.8, 4) is 11.5 Å². The second-order valence-electron chi connectivity index (χ2n) is 7.91. The molecular weight excluding hydrogens is 505 g/mol. The fraction of sp³-hybridized carbons (Fsp3) is 0.192. The molecule has 0 amide bonds. The molecule has 0 spiro atoms. The van der Waals surface area contributed by atoms with Crippen molar-refractivity contribution >= 4 is 66.4 Å². The Hall–Kier alpha value is -1.38. The molecule has 1 aliphatic carbocycles. The third-order valence-electron chi connectivity index (χ3n) is 6.00. The van der Waals surface area contributed by atoms with E-state index in [4.69, 9.17) is 9.47 Å². The molecule has 0 saturated carbocycles. The summed E-state index contributed by atoms with van der Waals surface area (Å²) in [6, 6.07) is 16.9. The van der Waals surface area contributed by atoms with Gasteiger partial charge < -0.3 is 9.47 Å². The number of rotatable bonds is 4. The van der Waals surface area contributed by atoms with Crippen LogP contribution in [0, 0.1) is 0 Å². The van der Waals surface area contributed by atoms with E-state index in [0.717, 1.165) is 11.5 Å². The van der Waals surface area contributed by atoms with Crippen LogP contribution in [0.1, 0.15) is 30.4 Å². The maximum absolute atomic E-state index is 5.32. The average Bonchev–Trinajstić information content (AvgIpc) is 3.59. The zero-order valence-corrected chi connectivity index (χ0v) is 22.3. The summed E-state index contributed by atoms with van der Waals surface area (Å²) in [5.41, 5.74) is 5.73. The van der Waals surface area contributed by atoms with Crippen LogP contribution in [0.2, 0.25) is 0 Å². The number of methoxy groups -OCH3 is 2. The minimum atomic E-state index is 0.172. The van der Waals surface area contributed by atoms with Crippen LogP contribution >= 0.6 is 51.7 Å². The molecule has 33 heavy (non-hydrogen) atoms. The summed E-state index contributed by atoms with van der Waals surface area (Å²) >= 11 is 0. The van der Waals surface area contributed by atoms with Gasteiger partial charge in [-0.25, -0.2) is 0 Å². The second kappa shape index (κ2) is 9.34. The van der Waals surface area contributed by atoms with Crippen LogP contribution in [-0.4, -0.2) is 19.1 Å². The molecule has 0 aromatic heterocycles. The molecule has 0 bridgehead atoms. The van der Waals surface area contributed by atoms with Crippen LogP contribution in [0.25, 0.3) is 9.81 Å². The molecule has 0 saturated heterocycles. The van der Waals surface area contributed by atoms with E-state index in [0.29, 0.717) is 0 Å². The third kappa shape index (κ3) is 4.16. The van der Waals surface area contributed by atoms with Gasteiger partial charge in [-0.05, 0) is 78.0 Å². The van der Waals surface area contributed by atoms with E-state index in [2.05, 4.69) is 59.3 Å². The van der Waals surface area contributed by atoms with Gasteiger partial charge in [0, 0.05) is 24.5 Å². The van der Waals surface area contributed by atoms with E-state index in [1.54, 1.807) is 35.1 Å². The maximum atomic E-state index is 5.32. The highest BCUT2D eigenvalue weighted by molar-refractivity contribution is 9.18. The molecule has 1 unspecified atom stereocenters. The van der Waals surface area contributed by atoms with Crippen LogP contribution in [0.3, 0.4) is 0 Å². The van der Waals surface area contributed by atoms with Crippen LogP contribution in [0.15, 0.2) is 81.6 Å². The predicted octanol–water partition coefficient (Wildman–Crippen LogP) is 8.94. The van der Waals surface area contributed by atoms with E-state index in [9.17, 15) is 0 Å². The van der Waals surface area contributed by atoms with E-state index in [1.165, 1.54) is 45.1 Å². The topological polar surface area (TPSA) is 18.5 Å². The monoisotopic (exact) mass is 526 g/mol. The van der Waals surface area contributed by atoms with Gasteiger partial charge in [0.25, 0.3) is 0 Å². The lowest BCUT2D eigenvalue weighted by Crippen LogP contribution is -2.05. The zero-order valence-electron chi connectivity index (χ0n) is 18.3. The van der Waals surface area contributed by atoms with E-state index < -0.39 is 0 Å². The summed E-state index contributed by atoms with van der Waals surface area (Å²) in [7, 11) is 11.5. The predicted molar refractivity (Wildman–Crippen MR) is 153 cm³/mol. The van der Waals surface area contributed by atoms with E-state index >= 15 is 0 Å². The standard InChI is InChI=1S/C26H22O2S5/c1-27-18-10-6-16(7-11-18)22-14-24(30-29-22)20-4-3-5-21-25-15-23(31-33(25)32-26(20)21)17-8-12-19(28-2)13-9-17/h6-15H,3-5H2,1-2H3/b24-20-. The number of fused-ring (bicyclic) bond motifs is 1. The van der Waals surface area contributed by atoms with Gasteiger partial charge in [0.2, 0.25) is 0 Å². The second-order valence-corrected chi connectivity index (χ2v) is 15.8. The van der Waals surface area contributed by atoms with Gasteiger partial charge in [-0.2, -0.15) is 0 Å². The average molecular weight is 527 g/mol. The van der Waals surface area contributed by atoms with Crippen molar-refractivity contribution in [1.82, 2.24) is 0 Å². The first kappa shape index (κ1) is 22.1. The zero-order chi connectivity index (χ0) is 22.4. The Morgan fingerprint density at radius 3 is 2.00 bits per heavy atom. The van der Waals surface area contributed by atoms with Crippen molar-refractivity contribution in [3.63, 3.8) is 0 Å². The molecule has 0 N–H and O–H groups in total. The maximum Gasteiger partial charge on any atom is 0.118 e. The minimum absolute atomic E-state index is 0.172. The smallest absolute Gasteiger partial charge is 0.118 e. The largest absolute Gasteiger partial charge is 0.497 e. The van der Waals surface area contributed by atoms with Crippen LogP contribution in [-0.2, 0) is 0 Å². The molecular formula is C26H22O2S5. The van der Waals surface area contributed by atoms with Crippen molar-refractivity contribution in [2.45, 2.75) is 19.3 Å². The normalized spacial score (nSPS) is 23.9. The number of benzene rings is 2. The first-order valence-electron chi connectivity index (χ1n) is 10.7. The fourth-order valence-electron chi connectivity index (χ4n) is 4.23. The quantitative estimate of drug-likeness (QED) is 0.290. The van der Waals surface area contributed by atoms with E-state index in [-0.39, 0.29) is 8.55 Å². The molecule has 3 aliphatic heterocycles. The number of ether oxygens (including phenoxy) is 2. The van der Waals surface area contributed by atoms with E-state index in [1.807, 2.05) is 44.5 Å². The molecule has 1 atom stereocenters. The summed E-state index contributed by atoms with van der Waals surface area (Å²) < 4.78 is 10.6. The molecule has 2 aromatic rings. The van der Waals surface area contributed by atoms with Gasteiger partial charge in [-0.1, -0.05) is 76.0 Å². The lowest BCUT2D eigenvalue weighted by Gasteiger charge is -2.20. The summed E-state index contributed by atoms with van der Waals surface area (Å²) in [4.78, 5) is 7.31. The summed E-state index contributed by atoms with van der Waals surface area (Å²) in [5, 5.41) is 0. The Bertz CT molecular complexity index is 1280. The molecule has 3 heterocycles. The number of hydrogen-bond acceptors (Lipinski definition) is 6. The summed E-state index contributed by atoms with van der Waals surface area (Å²) in [6.45, 7) is 0. The highest BCUT2D eigenvalue weighted by Gasteiger charge is 2.34. The van der Waals surface area contributed by atoms with Crippen LogP contribution < -0.4 is 9.47 Å². The molecule has 168 valence electrons. The Balaban J connectivity index is 1.29. The number of hydrogen-bond donors (Lipinski definition) is 0. The highest BCUT2D eigenvalue weighted by Crippen LogP contribution is 2.67. The first-order chi connectivity index (χ1) is 16.2. The number of allylic oxidation sites excluding steroid dienone is 4. The SMILES string of the molecule is COc1ccc(C2=C/C(=C3\CCCC4=C3SS3=C4C=C(c4ccc(OC)cc4)S3)SS2)cc1. The fourth-order valence-corrected chi connectivity index (χ4v) is 14.2. The Kier molecular flexibility index (Phi) is 6.26. The Morgan fingerprint density at radius 2 is 1.33 bits per heavy atom. The Labute approximate surface area is 212 Å². The third-order valence-corrected chi connectivity index (χ3v) is 15.0. The van der Waals surface area contributed by atoms with Crippen molar-refractivity contribution in [2.75, 3.05) is 14.2 Å². The molecule has 2 nitrogen and oxygen atoms in total. The van der Waals surface area contributed by atoms with Crippen LogP contribution in [0.4, 0.5) is 0 Å². The lowest BCUT2D eigenvalue weighted by molar-refractivity contribution is 0.414. The van der Waals surface area contributed by atoms with Crippen molar-refractivity contribution < 1.29 is 9.47 Å².